The average Bonchev–Trinajstić information content (AvgIpc) is 2.76. The molecule has 3 N–H and O–H groups in total. The Balaban J connectivity index is 2.36. The van der Waals surface area contributed by atoms with Crippen LogP contribution in [0.15, 0.2) is 54.2 Å². The van der Waals surface area contributed by atoms with E-state index in [4.69, 9.17) is 4.74 Å². The van der Waals surface area contributed by atoms with E-state index in [0.717, 1.165) is 0 Å². The number of carboxylic acids is 1. The second-order valence-corrected chi connectivity index (χ2v) is 7.12. The molecule has 0 heterocycles. The smallest absolute Gasteiger partial charge is 0.326 e. The van der Waals surface area contributed by atoms with Crippen LogP contribution in [-0.2, 0) is 9.59 Å². The first-order valence-electron chi connectivity index (χ1n) is 9.57. The van der Waals surface area contributed by atoms with Gasteiger partial charge in [-0.05, 0) is 54.0 Å². The van der Waals surface area contributed by atoms with E-state index in [9.17, 15) is 29.6 Å². The molecule has 0 fully saturated rings. The number of hydrogen-bond acceptors (Lipinski definition) is 6. The van der Waals surface area contributed by atoms with E-state index in [2.05, 4.69) is 10.6 Å². The van der Waals surface area contributed by atoms with Crippen LogP contribution in [0, 0.1) is 16.0 Å². The molecular weight excluding hydrogens is 418 g/mol. The van der Waals surface area contributed by atoms with Crippen molar-refractivity contribution in [3.05, 3.63) is 75.5 Å². The minimum absolute atomic E-state index is 0.138. The van der Waals surface area contributed by atoms with Crippen molar-refractivity contribution in [1.82, 2.24) is 10.6 Å². The van der Waals surface area contributed by atoms with Crippen molar-refractivity contribution in [3.8, 4) is 5.75 Å². The summed E-state index contributed by atoms with van der Waals surface area (Å²) in [5.41, 5.74) is 0.284. The standard InChI is InChI=1S/C22H23N3O7/c1-13(2)19(22(28)29)24-21(27)18(12-14-4-8-16(9-5-14)25(30)31)23-20(26)15-6-10-17(32-3)11-7-15/h4-13,19H,1-3H3,(H,23,26)(H,24,27)(H,28,29)/b18-12-. The van der Waals surface area contributed by atoms with E-state index in [1.54, 1.807) is 26.0 Å². The normalized spacial score (nSPS) is 12.1. The largest absolute Gasteiger partial charge is 0.497 e. The van der Waals surface area contributed by atoms with Crippen LogP contribution in [0.2, 0.25) is 0 Å². The van der Waals surface area contributed by atoms with Gasteiger partial charge < -0.3 is 20.5 Å². The van der Waals surface area contributed by atoms with Gasteiger partial charge in [-0.2, -0.15) is 0 Å². The summed E-state index contributed by atoms with van der Waals surface area (Å²) in [5.74, 6) is -2.50. The molecule has 0 saturated heterocycles. The second-order valence-electron chi connectivity index (χ2n) is 7.12. The minimum Gasteiger partial charge on any atom is -0.497 e. The molecule has 0 aliphatic heterocycles. The maximum Gasteiger partial charge on any atom is 0.326 e. The molecule has 1 atom stereocenters. The van der Waals surface area contributed by atoms with Gasteiger partial charge in [-0.3, -0.25) is 19.7 Å². The molecule has 10 nitrogen and oxygen atoms in total. The van der Waals surface area contributed by atoms with E-state index in [-0.39, 0.29) is 16.9 Å². The summed E-state index contributed by atoms with van der Waals surface area (Å²) >= 11 is 0. The monoisotopic (exact) mass is 441 g/mol. The zero-order valence-corrected chi connectivity index (χ0v) is 17.7. The lowest BCUT2D eigenvalue weighted by molar-refractivity contribution is -0.384. The Kier molecular flexibility index (Phi) is 8.05. The van der Waals surface area contributed by atoms with Gasteiger partial charge >= 0.3 is 5.97 Å². The first kappa shape index (κ1) is 24.1. The Bertz CT molecular complexity index is 1030. The number of amides is 2. The summed E-state index contributed by atoms with van der Waals surface area (Å²) in [7, 11) is 1.48. The fourth-order valence-electron chi connectivity index (χ4n) is 2.69. The van der Waals surface area contributed by atoms with Gasteiger partial charge in [-0.25, -0.2) is 4.79 Å². The van der Waals surface area contributed by atoms with Crippen molar-refractivity contribution in [2.45, 2.75) is 19.9 Å². The highest BCUT2D eigenvalue weighted by Crippen LogP contribution is 2.16. The maximum absolute atomic E-state index is 12.8. The third-order valence-corrected chi connectivity index (χ3v) is 4.48. The molecule has 0 spiro atoms. The van der Waals surface area contributed by atoms with Gasteiger partial charge in [-0.15, -0.1) is 0 Å². The quantitative estimate of drug-likeness (QED) is 0.308. The molecule has 0 aliphatic rings. The number of nitro groups is 1. The molecule has 168 valence electrons. The van der Waals surface area contributed by atoms with Crippen molar-refractivity contribution in [3.63, 3.8) is 0 Å². The van der Waals surface area contributed by atoms with Gasteiger partial charge in [0.25, 0.3) is 17.5 Å². The summed E-state index contributed by atoms with van der Waals surface area (Å²) in [6, 6.07) is 10.3. The van der Waals surface area contributed by atoms with E-state index in [0.29, 0.717) is 11.3 Å². The van der Waals surface area contributed by atoms with Crippen LogP contribution in [0.4, 0.5) is 5.69 Å². The number of nitrogens with zero attached hydrogens (tertiary/aromatic N) is 1. The second kappa shape index (κ2) is 10.7. The third kappa shape index (κ3) is 6.39. The van der Waals surface area contributed by atoms with Gasteiger partial charge in [0.05, 0.1) is 12.0 Å². The Labute approximate surface area is 184 Å². The fraction of sp³-hybridized carbons (Fsp3) is 0.227. The average molecular weight is 441 g/mol. The molecule has 32 heavy (non-hydrogen) atoms. The molecule has 2 amide bonds. The number of hydrogen-bond donors (Lipinski definition) is 3. The number of methoxy groups -OCH3 is 1. The molecule has 2 aromatic rings. The first-order valence-corrected chi connectivity index (χ1v) is 9.57. The number of rotatable bonds is 9. The Morgan fingerprint density at radius 1 is 1.06 bits per heavy atom. The zero-order chi connectivity index (χ0) is 23.8. The van der Waals surface area contributed by atoms with Gasteiger partial charge in [0.1, 0.15) is 17.5 Å². The molecule has 0 aromatic heterocycles. The van der Waals surface area contributed by atoms with Crippen LogP contribution in [0.5, 0.6) is 5.75 Å². The summed E-state index contributed by atoms with van der Waals surface area (Å²) < 4.78 is 5.05. The van der Waals surface area contributed by atoms with E-state index in [1.807, 2.05) is 0 Å². The lowest BCUT2D eigenvalue weighted by Gasteiger charge is -2.19. The number of carboxylic acid groups (broad SMARTS) is 1. The Hall–Kier alpha value is -4.21. The highest BCUT2D eigenvalue weighted by molar-refractivity contribution is 6.06. The van der Waals surface area contributed by atoms with Gasteiger partial charge in [0.2, 0.25) is 0 Å². The lowest BCUT2D eigenvalue weighted by Crippen LogP contribution is -2.47. The number of carbonyl (C=O) groups excluding carboxylic acids is 2. The van der Waals surface area contributed by atoms with E-state index in [1.165, 1.54) is 49.6 Å². The predicted octanol–water partition coefficient (Wildman–Crippen LogP) is 2.60. The molecule has 0 radical (unpaired) electrons. The first-order chi connectivity index (χ1) is 15.1. The lowest BCUT2D eigenvalue weighted by atomic mass is 10.0. The van der Waals surface area contributed by atoms with Crippen molar-refractivity contribution < 1.29 is 29.2 Å². The number of ether oxygens (including phenoxy) is 1. The fourth-order valence-corrected chi connectivity index (χ4v) is 2.69. The van der Waals surface area contributed by atoms with Crippen molar-refractivity contribution in [1.29, 1.82) is 0 Å². The van der Waals surface area contributed by atoms with Crippen LogP contribution in [0.3, 0.4) is 0 Å². The predicted molar refractivity (Wildman–Crippen MR) is 116 cm³/mol. The van der Waals surface area contributed by atoms with Crippen LogP contribution in [-0.4, -0.2) is 41.0 Å². The number of aliphatic carboxylic acids is 1. The Morgan fingerprint density at radius 2 is 1.66 bits per heavy atom. The van der Waals surface area contributed by atoms with Crippen molar-refractivity contribution in [2.24, 2.45) is 5.92 Å². The number of non-ortho nitro benzene ring substituents is 1. The maximum atomic E-state index is 12.8. The highest BCUT2D eigenvalue weighted by Gasteiger charge is 2.25. The highest BCUT2D eigenvalue weighted by atomic mass is 16.6. The summed E-state index contributed by atoms with van der Waals surface area (Å²) in [6.45, 7) is 3.27. The van der Waals surface area contributed by atoms with Crippen molar-refractivity contribution >= 4 is 29.5 Å². The van der Waals surface area contributed by atoms with Gasteiger partial charge in [-0.1, -0.05) is 13.8 Å². The minimum atomic E-state index is -1.22. The Morgan fingerprint density at radius 3 is 2.12 bits per heavy atom. The number of nitro benzene ring substituents is 1. The number of carbonyl (C=O) groups is 3. The molecule has 1 unspecified atom stereocenters. The molecule has 10 heteroatoms. The molecule has 0 saturated carbocycles. The number of nitrogens with one attached hydrogen (secondary N) is 2. The molecular formula is C22H23N3O7. The van der Waals surface area contributed by atoms with Crippen molar-refractivity contribution in [2.75, 3.05) is 7.11 Å². The van der Waals surface area contributed by atoms with Crippen LogP contribution in [0.25, 0.3) is 6.08 Å². The van der Waals surface area contributed by atoms with E-state index < -0.39 is 34.7 Å². The van der Waals surface area contributed by atoms with Gasteiger partial charge in [0, 0.05) is 17.7 Å². The van der Waals surface area contributed by atoms with Gasteiger partial charge in [0.15, 0.2) is 0 Å². The summed E-state index contributed by atoms with van der Waals surface area (Å²) in [5, 5.41) is 25.1. The van der Waals surface area contributed by atoms with Crippen LogP contribution < -0.4 is 15.4 Å². The SMILES string of the molecule is COc1ccc(C(=O)N/C(=C\c2ccc([N+](=O)[O-])cc2)C(=O)NC(C(=O)O)C(C)C)cc1. The molecule has 2 rings (SSSR count). The zero-order valence-electron chi connectivity index (χ0n) is 17.7. The van der Waals surface area contributed by atoms with Crippen LogP contribution in [0.1, 0.15) is 29.8 Å². The summed E-state index contributed by atoms with van der Waals surface area (Å²) in [6.07, 6.45) is 1.31. The topological polar surface area (TPSA) is 148 Å². The van der Waals surface area contributed by atoms with Crippen LogP contribution >= 0.6 is 0 Å². The molecule has 0 bridgehead atoms. The molecule has 2 aromatic carbocycles. The summed E-state index contributed by atoms with van der Waals surface area (Å²) in [4.78, 5) is 47.2. The number of benzene rings is 2. The van der Waals surface area contributed by atoms with E-state index >= 15 is 0 Å². The third-order valence-electron chi connectivity index (χ3n) is 4.48. The molecule has 0 aliphatic carbocycles.